The van der Waals surface area contributed by atoms with Crippen LogP contribution >= 0.6 is 23.2 Å². The van der Waals surface area contributed by atoms with Crippen molar-refractivity contribution in [3.8, 4) is 11.5 Å². The predicted molar refractivity (Wildman–Crippen MR) is 118 cm³/mol. The summed E-state index contributed by atoms with van der Waals surface area (Å²) in [5.41, 5.74) is 0.868. The molecule has 1 heterocycles. The molecule has 1 aliphatic rings. The van der Waals surface area contributed by atoms with Crippen LogP contribution in [0.15, 0.2) is 36.4 Å². The molecule has 6 nitrogen and oxygen atoms in total. The van der Waals surface area contributed by atoms with E-state index in [9.17, 15) is 9.59 Å². The van der Waals surface area contributed by atoms with Gasteiger partial charge in [0.25, 0.3) is 11.8 Å². The lowest BCUT2D eigenvalue weighted by molar-refractivity contribution is -0.134. The van der Waals surface area contributed by atoms with Crippen molar-refractivity contribution in [2.45, 2.75) is 26.2 Å². The first-order valence-corrected chi connectivity index (χ1v) is 10.7. The molecular weight excluding hydrogens is 427 g/mol. The largest absolute Gasteiger partial charge is 0.490 e. The molecule has 160 valence electrons. The molecule has 0 unspecified atom stereocenters. The van der Waals surface area contributed by atoms with Crippen LogP contribution in [-0.4, -0.2) is 43.0 Å². The number of halogens is 2. The summed E-state index contributed by atoms with van der Waals surface area (Å²) in [7, 11) is 0. The maximum atomic E-state index is 12.6. The molecule has 8 heteroatoms. The van der Waals surface area contributed by atoms with E-state index in [-0.39, 0.29) is 18.4 Å². The first-order valence-electron chi connectivity index (χ1n) is 9.91. The van der Waals surface area contributed by atoms with E-state index in [1.165, 1.54) is 0 Å². The van der Waals surface area contributed by atoms with Crippen molar-refractivity contribution in [3.63, 3.8) is 0 Å². The van der Waals surface area contributed by atoms with Gasteiger partial charge in [-0.15, -0.1) is 0 Å². The zero-order valence-electron chi connectivity index (χ0n) is 16.7. The molecule has 2 aromatic carbocycles. The van der Waals surface area contributed by atoms with E-state index in [1.54, 1.807) is 36.4 Å². The van der Waals surface area contributed by atoms with Crippen LogP contribution < -0.4 is 14.8 Å². The second-order valence-electron chi connectivity index (χ2n) is 6.94. The van der Waals surface area contributed by atoms with Crippen LogP contribution in [0, 0.1) is 0 Å². The van der Waals surface area contributed by atoms with E-state index >= 15 is 0 Å². The summed E-state index contributed by atoms with van der Waals surface area (Å²) in [5.74, 6) is 0.437. The number of ether oxygens (including phenoxy) is 2. The molecule has 0 aromatic heterocycles. The average molecular weight is 451 g/mol. The highest BCUT2D eigenvalue weighted by Crippen LogP contribution is 2.29. The van der Waals surface area contributed by atoms with Crippen molar-refractivity contribution >= 4 is 40.7 Å². The fourth-order valence-electron chi connectivity index (χ4n) is 3.24. The van der Waals surface area contributed by atoms with Gasteiger partial charge in [-0.1, -0.05) is 23.2 Å². The molecule has 0 atom stereocenters. The van der Waals surface area contributed by atoms with Crippen molar-refractivity contribution in [1.29, 1.82) is 0 Å². The molecule has 0 saturated carbocycles. The van der Waals surface area contributed by atoms with Crippen molar-refractivity contribution in [2.24, 2.45) is 0 Å². The lowest BCUT2D eigenvalue weighted by atomic mass is 10.1. The van der Waals surface area contributed by atoms with Crippen LogP contribution in [0.5, 0.6) is 11.5 Å². The molecule has 1 saturated heterocycles. The van der Waals surface area contributed by atoms with E-state index in [1.807, 2.05) is 11.8 Å². The smallest absolute Gasteiger partial charge is 0.260 e. The Balaban J connectivity index is 1.69. The Labute approximate surface area is 186 Å². The first-order chi connectivity index (χ1) is 14.5. The first kappa shape index (κ1) is 22.2. The van der Waals surface area contributed by atoms with Crippen molar-refractivity contribution in [2.75, 3.05) is 31.6 Å². The molecule has 1 fully saturated rings. The topological polar surface area (TPSA) is 67.9 Å². The Bertz CT molecular complexity index is 894. The number of nitrogens with one attached hydrogen (secondary N) is 1. The van der Waals surface area contributed by atoms with Gasteiger partial charge >= 0.3 is 0 Å². The number of hydrogen-bond donors (Lipinski definition) is 1. The van der Waals surface area contributed by atoms with Crippen molar-refractivity contribution < 1.29 is 19.1 Å². The molecule has 1 aliphatic heterocycles. The number of benzene rings is 2. The van der Waals surface area contributed by atoms with E-state index in [4.69, 9.17) is 32.7 Å². The highest BCUT2D eigenvalue weighted by atomic mass is 35.5. The second-order valence-corrected chi connectivity index (χ2v) is 7.81. The molecule has 30 heavy (non-hydrogen) atoms. The molecule has 0 radical (unpaired) electrons. The van der Waals surface area contributed by atoms with Gasteiger partial charge in [0, 0.05) is 34.4 Å². The third-order valence-corrected chi connectivity index (χ3v) is 5.12. The number of nitrogens with zero attached hydrogens (tertiary/aromatic N) is 1. The van der Waals surface area contributed by atoms with Gasteiger partial charge < -0.3 is 19.7 Å². The number of amides is 2. The zero-order chi connectivity index (χ0) is 21.5. The standard InChI is InChI=1S/C22H24Cl2N2O4/c1-2-29-20-10-15(22(28)25-18-12-16(23)11-17(24)13-18)6-7-19(20)30-14-21(27)26-8-4-3-5-9-26/h6-7,10-13H,2-5,8-9,14H2,1H3,(H,25,28). The summed E-state index contributed by atoms with van der Waals surface area (Å²) in [6.45, 7) is 3.71. The minimum Gasteiger partial charge on any atom is -0.490 e. The lowest BCUT2D eigenvalue weighted by Crippen LogP contribution is -2.38. The van der Waals surface area contributed by atoms with Crippen LogP contribution in [0.1, 0.15) is 36.5 Å². The van der Waals surface area contributed by atoms with Crippen LogP contribution in [0.4, 0.5) is 5.69 Å². The van der Waals surface area contributed by atoms with Gasteiger partial charge in [-0.2, -0.15) is 0 Å². The van der Waals surface area contributed by atoms with Gasteiger partial charge in [0.05, 0.1) is 6.61 Å². The molecule has 2 aromatic rings. The minimum atomic E-state index is -0.342. The number of carbonyl (C=O) groups is 2. The Hall–Kier alpha value is -2.44. The SMILES string of the molecule is CCOc1cc(C(=O)Nc2cc(Cl)cc(Cl)c2)ccc1OCC(=O)N1CCCCC1. The number of hydrogen-bond acceptors (Lipinski definition) is 4. The molecule has 3 rings (SSSR count). The quantitative estimate of drug-likeness (QED) is 0.641. The number of carbonyl (C=O) groups excluding carboxylic acids is 2. The molecule has 0 bridgehead atoms. The monoisotopic (exact) mass is 450 g/mol. The van der Waals surface area contributed by atoms with Crippen molar-refractivity contribution in [1.82, 2.24) is 4.90 Å². The van der Waals surface area contributed by atoms with Gasteiger partial charge in [0.15, 0.2) is 18.1 Å². The summed E-state index contributed by atoms with van der Waals surface area (Å²) >= 11 is 12.0. The molecule has 0 spiro atoms. The normalized spacial score (nSPS) is 13.6. The van der Waals surface area contributed by atoms with Crippen LogP contribution in [-0.2, 0) is 4.79 Å². The Morgan fingerprint density at radius 3 is 2.33 bits per heavy atom. The maximum absolute atomic E-state index is 12.6. The average Bonchev–Trinajstić information content (AvgIpc) is 2.72. The van der Waals surface area contributed by atoms with Crippen LogP contribution in [0.25, 0.3) is 0 Å². The molecular formula is C22H24Cl2N2O4. The Morgan fingerprint density at radius 1 is 0.967 bits per heavy atom. The summed E-state index contributed by atoms with van der Waals surface area (Å²) in [4.78, 5) is 26.8. The summed E-state index contributed by atoms with van der Waals surface area (Å²) in [5, 5.41) is 3.61. The zero-order valence-corrected chi connectivity index (χ0v) is 18.3. The summed E-state index contributed by atoms with van der Waals surface area (Å²) in [6, 6.07) is 9.64. The fraction of sp³-hybridized carbons (Fsp3) is 0.364. The predicted octanol–water partition coefficient (Wildman–Crippen LogP) is 5.04. The Kier molecular flexibility index (Phi) is 7.82. The Morgan fingerprint density at radius 2 is 1.67 bits per heavy atom. The van der Waals surface area contributed by atoms with E-state index < -0.39 is 0 Å². The fourth-order valence-corrected chi connectivity index (χ4v) is 3.77. The van der Waals surface area contributed by atoms with Gasteiger partial charge in [-0.05, 0) is 62.6 Å². The van der Waals surface area contributed by atoms with Gasteiger partial charge in [0.1, 0.15) is 0 Å². The van der Waals surface area contributed by atoms with Crippen molar-refractivity contribution in [3.05, 3.63) is 52.0 Å². The number of rotatable bonds is 7. The number of piperidine rings is 1. The number of anilines is 1. The van der Waals surface area contributed by atoms with Crippen LogP contribution in [0.3, 0.4) is 0 Å². The van der Waals surface area contributed by atoms with E-state index in [0.717, 1.165) is 32.4 Å². The molecule has 0 aliphatic carbocycles. The van der Waals surface area contributed by atoms with Gasteiger partial charge in [-0.25, -0.2) is 0 Å². The summed E-state index contributed by atoms with van der Waals surface area (Å²) in [6.07, 6.45) is 3.21. The van der Waals surface area contributed by atoms with Gasteiger partial charge in [0.2, 0.25) is 0 Å². The van der Waals surface area contributed by atoms with E-state index in [0.29, 0.717) is 39.4 Å². The third kappa shape index (κ3) is 6.03. The second kappa shape index (κ2) is 10.5. The van der Waals surface area contributed by atoms with Gasteiger partial charge in [-0.3, -0.25) is 9.59 Å². The van der Waals surface area contributed by atoms with Crippen LogP contribution in [0.2, 0.25) is 10.0 Å². The lowest BCUT2D eigenvalue weighted by Gasteiger charge is -2.26. The minimum absolute atomic E-state index is 0.0446. The molecule has 2 amide bonds. The highest BCUT2D eigenvalue weighted by Gasteiger charge is 2.18. The van der Waals surface area contributed by atoms with E-state index in [2.05, 4.69) is 5.32 Å². The number of likely N-dealkylation sites (tertiary alicyclic amines) is 1. The molecule has 1 N–H and O–H groups in total. The maximum Gasteiger partial charge on any atom is 0.260 e. The third-order valence-electron chi connectivity index (χ3n) is 4.69. The summed E-state index contributed by atoms with van der Waals surface area (Å²) < 4.78 is 11.3. The highest BCUT2D eigenvalue weighted by molar-refractivity contribution is 6.35.